The summed E-state index contributed by atoms with van der Waals surface area (Å²) in [6.45, 7) is 1.52. The maximum absolute atomic E-state index is 12.0. The first-order chi connectivity index (χ1) is 14.9. The third kappa shape index (κ3) is 6.91. The van der Waals surface area contributed by atoms with E-state index < -0.39 is 11.9 Å². The number of esters is 2. The molecule has 0 bridgehead atoms. The van der Waals surface area contributed by atoms with Crippen LogP contribution >= 0.6 is 22.7 Å². The van der Waals surface area contributed by atoms with E-state index in [0.29, 0.717) is 4.88 Å². The highest BCUT2D eigenvalue weighted by Crippen LogP contribution is 2.31. The second-order valence-corrected chi connectivity index (χ2v) is 8.14. The van der Waals surface area contributed by atoms with Gasteiger partial charge in [0.1, 0.15) is 22.6 Å². The summed E-state index contributed by atoms with van der Waals surface area (Å²) in [7, 11) is 0. The summed E-state index contributed by atoms with van der Waals surface area (Å²) in [5, 5.41) is 13.7. The zero-order valence-corrected chi connectivity index (χ0v) is 18.4. The van der Waals surface area contributed by atoms with Crippen LogP contribution < -0.4 is 11.1 Å². The lowest BCUT2D eigenvalue weighted by atomic mass is 10.1. The minimum absolute atomic E-state index is 0.0222. The molecule has 2 aromatic rings. The number of anilines is 1. The molecule has 1 amide bonds. The minimum atomic E-state index is -0.642. The molecular weight excluding hydrogens is 442 g/mol. The highest BCUT2D eigenvalue weighted by Gasteiger charge is 2.23. The maximum Gasteiger partial charge on any atom is 0.348 e. The van der Waals surface area contributed by atoms with Gasteiger partial charge in [-0.1, -0.05) is 6.07 Å². The number of rotatable bonds is 11. The van der Waals surface area contributed by atoms with Crippen molar-refractivity contribution in [3.8, 4) is 6.07 Å². The largest absolute Gasteiger partial charge is 0.462 e. The van der Waals surface area contributed by atoms with Gasteiger partial charge in [0.2, 0.25) is 5.91 Å². The summed E-state index contributed by atoms with van der Waals surface area (Å²) < 4.78 is 10.1. The Labute approximate surface area is 186 Å². The molecule has 0 spiro atoms. The number of carbonyl (C=O) groups is 4. The van der Waals surface area contributed by atoms with Crippen molar-refractivity contribution >= 4 is 51.3 Å². The molecule has 0 aliphatic carbocycles. The lowest BCUT2D eigenvalue weighted by Gasteiger charge is -2.07. The van der Waals surface area contributed by atoms with Crippen molar-refractivity contribution in [1.29, 1.82) is 5.26 Å². The predicted molar refractivity (Wildman–Crippen MR) is 115 cm³/mol. The van der Waals surface area contributed by atoms with Crippen LogP contribution in [0.15, 0.2) is 17.5 Å². The number of nitrogens with two attached hydrogens (primary N) is 1. The van der Waals surface area contributed by atoms with Gasteiger partial charge in [0.05, 0.1) is 23.5 Å². The van der Waals surface area contributed by atoms with Crippen LogP contribution in [0, 0.1) is 11.3 Å². The predicted octanol–water partition coefficient (Wildman–Crippen LogP) is 2.65. The molecule has 0 unspecified atom stereocenters. The summed E-state index contributed by atoms with van der Waals surface area (Å²) in [4.78, 5) is 48.4. The number of nitrogens with one attached hydrogen (secondary N) is 1. The van der Waals surface area contributed by atoms with E-state index >= 15 is 0 Å². The molecule has 0 fully saturated rings. The summed E-state index contributed by atoms with van der Waals surface area (Å²) in [5.74, 6) is -1.72. The zero-order chi connectivity index (χ0) is 22.8. The second-order valence-electron chi connectivity index (χ2n) is 6.14. The lowest BCUT2D eigenvalue weighted by molar-refractivity contribution is -0.144. The molecule has 11 heteroatoms. The Bertz CT molecular complexity index is 991. The number of nitrogens with zero attached hydrogens (tertiary/aromatic N) is 1. The van der Waals surface area contributed by atoms with Crippen LogP contribution in [-0.4, -0.2) is 36.8 Å². The van der Waals surface area contributed by atoms with Gasteiger partial charge in [-0.15, -0.1) is 22.7 Å². The van der Waals surface area contributed by atoms with Gasteiger partial charge < -0.3 is 20.5 Å². The highest BCUT2D eigenvalue weighted by atomic mass is 32.1. The van der Waals surface area contributed by atoms with E-state index in [2.05, 4.69) is 5.32 Å². The van der Waals surface area contributed by atoms with Crippen LogP contribution in [-0.2, 0) is 25.7 Å². The Morgan fingerprint density at radius 3 is 2.61 bits per heavy atom. The van der Waals surface area contributed by atoms with E-state index in [1.54, 1.807) is 24.4 Å². The number of amides is 1. The molecule has 0 aliphatic heterocycles. The molecule has 0 radical (unpaired) electrons. The van der Waals surface area contributed by atoms with E-state index in [0.717, 1.165) is 11.3 Å². The van der Waals surface area contributed by atoms with Crippen LogP contribution in [0.25, 0.3) is 0 Å². The number of ether oxygens (including phenoxy) is 2. The van der Waals surface area contributed by atoms with Crippen molar-refractivity contribution in [2.75, 3.05) is 18.9 Å². The van der Waals surface area contributed by atoms with Crippen LogP contribution in [0.1, 0.15) is 56.7 Å². The monoisotopic (exact) mass is 463 g/mol. The Balaban J connectivity index is 1.78. The summed E-state index contributed by atoms with van der Waals surface area (Å²) in [6, 6.07) is 5.37. The molecule has 31 heavy (non-hydrogen) atoms. The van der Waals surface area contributed by atoms with Crippen molar-refractivity contribution in [2.24, 2.45) is 0 Å². The average Bonchev–Trinajstić information content (AvgIpc) is 3.38. The third-order valence-electron chi connectivity index (χ3n) is 4.01. The maximum atomic E-state index is 12.0. The molecule has 164 valence electrons. The van der Waals surface area contributed by atoms with Crippen molar-refractivity contribution in [3.63, 3.8) is 0 Å². The molecule has 0 saturated heterocycles. The van der Waals surface area contributed by atoms with Gasteiger partial charge in [-0.05, 0) is 18.4 Å². The summed E-state index contributed by atoms with van der Waals surface area (Å²) >= 11 is 2.22. The smallest absolute Gasteiger partial charge is 0.348 e. The molecular formula is C20H21N3O6S2. The molecule has 2 aromatic heterocycles. The lowest BCUT2D eigenvalue weighted by Crippen LogP contribution is -2.26. The Morgan fingerprint density at radius 2 is 1.97 bits per heavy atom. The topological polar surface area (TPSA) is 149 Å². The number of ketones is 1. The fourth-order valence-electron chi connectivity index (χ4n) is 2.51. The molecule has 2 heterocycles. The van der Waals surface area contributed by atoms with Gasteiger partial charge in [-0.2, -0.15) is 5.26 Å². The number of nitrogen functional groups attached to an aromatic ring is 1. The first-order valence-electron chi connectivity index (χ1n) is 9.34. The normalized spacial score (nSPS) is 10.2. The van der Waals surface area contributed by atoms with Crippen LogP contribution in [0.4, 0.5) is 5.00 Å². The van der Waals surface area contributed by atoms with E-state index in [4.69, 9.17) is 15.2 Å². The number of hydrogen-bond donors (Lipinski definition) is 2. The van der Waals surface area contributed by atoms with Gasteiger partial charge in [0.15, 0.2) is 5.78 Å². The molecule has 0 saturated carbocycles. The van der Waals surface area contributed by atoms with Crippen molar-refractivity contribution in [3.05, 3.63) is 38.4 Å². The van der Waals surface area contributed by atoms with E-state index in [1.807, 2.05) is 6.07 Å². The first kappa shape index (κ1) is 24.0. The summed E-state index contributed by atoms with van der Waals surface area (Å²) in [5.41, 5.74) is 6.04. The van der Waals surface area contributed by atoms with Crippen molar-refractivity contribution in [2.45, 2.75) is 32.8 Å². The fraction of sp³-hybridized carbons (Fsp3) is 0.350. The molecule has 2 rings (SSSR count). The SMILES string of the molecule is CCOC(=O)c1sc(N)c(C#N)c1COC(=O)CCNC(=O)CCC(=O)c1cccs1. The van der Waals surface area contributed by atoms with Gasteiger partial charge >= 0.3 is 11.9 Å². The Morgan fingerprint density at radius 1 is 1.19 bits per heavy atom. The number of carbonyl (C=O) groups excluding carboxylic acids is 4. The van der Waals surface area contributed by atoms with Crippen LogP contribution in [0.5, 0.6) is 0 Å². The van der Waals surface area contributed by atoms with Gasteiger partial charge in [-0.25, -0.2) is 4.79 Å². The second kappa shape index (κ2) is 11.8. The highest BCUT2D eigenvalue weighted by molar-refractivity contribution is 7.18. The first-order valence-corrected chi connectivity index (χ1v) is 11.0. The minimum Gasteiger partial charge on any atom is -0.462 e. The van der Waals surface area contributed by atoms with Crippen molar-refractivity contribution in [1.82, 2.24) is 5.32 Å². The van der Waals surface area contributed by atoms with Crippen LogP contribution in [0.3, 0.4) is 0 Å². The molecule has 3 N–H and O–H groups in total. The summed E-state index contributed by atoms with van der Waals surface area (Å²) in [6.07, 6.45) is -0.000801. The third-order valence-corrected chi connectivity index (χ3v) is 5.96. The van der Waals surface area contributed by atoms with Crippen LogP contribution in [0.2, 0.25) is 0 Å². The molecule has 0 aliphatic rings. The average molecular weight is 464 g/mol. The zero-order valence-electron chi connectivity index (χ0n) is 16.8. The van der Waals surface area contributed by atoms with Gasteiger partial charge in [0.25, 0.3) is 0 Å². The van der Waals surface area contributed by atoms with E-state index in [9.17, 15) is 24.4 Å². The molecule has 0 atom stereocenters. The van der Waals surface area contributed by atoms with E-state index in [-0.39, 0.29) is 71.7 Å². The molecule has 9 nitrogen and oxygen atoms in total. The number of Topliss-reactive ketones (excluding diaryl/α,β-unsaturated/α-hetero) is 1. The van der Waals surface area contributed by atoms with E-state index in [1.165, 1.54) is 11.3 Å². The molecule has 0 aromatic carbocycles. The number of hydrogen-bond acceptors (Lipinski definition) is 10. The standard InChI is InChI=1S/C20H21N3O6S2/c1-2-28-20(27)18-13(12(10-21)19(22)31-18)11-29-17(26)7-8-23-16(25)6-5-14(24)15-4-3-9-30-15/h3-4,9H,2,5-8,11,22H2,1H3,(H,23,25). The van der Waals surface area contributed by atoms with Crippen molar-refractivity contribution < 1.29 is 28.7 Å². The Kier molecular flexibility index (Phi) is 9.17. The number of nitriles is 1. The van der Waals surface area contributed by atoms with Gasteiger partial charge in [-0.3, -0.25) is 14.4 Å². The quantitative estimate of drug-likeness (QED) is 0.382. The Hall–Kier alpha value is -3.23. The number of thiophene rings is 2. The van der Waals surface area contributed by atoms with Gasteiger partial charge in [0, 0.05) is 24.9 Å². The fourth-order valence-corrected chi connectivity index (χ4v) is 4.12.